The van der Waals surface area contributed by atoms with Crippen LogP contribution in [0.4, 0.5) is 5.95 Å². The molecule has 0 radical (unpaired) electrons. The smallest absolute Gasteiger partial charge is 0.266 e. The normalized spacial score (nSPS) is 22.7. The van der Waals surface area contributed by atoms with E-state index < -0.39 is 0 Å². The van der Waals surface area contributed by atoms with Crippen LogP contribution in [0.15, 0.2) is 10.9 Å². The maximum absolute atomic E-state index is 5.40. The van der Waals surface area contributed by atoms with E-state index in [0.29, 0.717) is 5.89 Å². The number of hydrogen-bond donors (Lipinski definition) is 2. The lowest BCUT2D eigenvalue weighted by molar-refractivity contribution is 0.319. The molecule has 2 aromatic heterocycles. The third-order valence-electron chi connectivity index (χ3n) is 3.85. The third kappa shape index (κ3) is 1.90. The van der Waals surface area contributed by atoms with E-state index in [0.717, 1.165) is 43.4 Å². The van der Waals surface area contributed by atoms with Crippen LogP contribution < -0.4 is 10.2 Å². The Morgan fingerprint density at radius 2 is 2.21 bits per heavy atom. The number of aromatic amines is 1. The molecular formula is C12H16N6O. The average Bonchev–Trinajstić information content (AvgIpc) is 3.18. The molecule has 0 saturated carbocycles. The van der Waals surface area contributed by atoms with Gasteiger partial charge in [-0.25, -0.2) is 4.98 Å². The summed E-state index contributed by atoms with van der Waals surface area (Å²) in [7, 11) is 0. The number of H-pyrrole nitrogens is 1. The average molecular weight is 260 g/mol. The number of nitrogens with one attached hydrogen (secondary N) is 2. The number of imidazole rings is 1. The molecule has 100 valence electrons. The first-order chi connectivity index (χ1) is 9.40. The number of rotatable bonds is 2. The molecule has 2 N–H and O–H groups in total. The fraction of sp³-hybridized carbons (Fsp3) is 0.583. The maximum atomic E-state index is 5.40. The van der Waals surface area contributed by atoms with Crippen molar-refractivity contribution in [3.05, 3.63) is 23.6 Å². The Labute approximate surface area is 110 Å². The highest BCUT2D eigenvalue weighted by Crippen LogP contribution is 2.25. The van der Waals surface area contributed by atoms with Gasteiger partial charge in [-0.15, -0.1) is 0 Å². The summed E-state index contributed by atoms with van der Waals surface area (Å²) in [5, 5.41) is 7.48. The van der Waals surface area contributed by atoms with Gasteiger partial charge in [0, 0.05) is 26.1 Å². The zero-order chi connectivity index (χ0) is 12.7. The Balaban J connectivity index is 1.54. The van der Waals surface area contributed by atoms with Gasteiger partial charge in [-0.1, -0.05) is 0 Å². The third-order valence-corrected chi connectivity index (χ3v) is 3.85. The second-order valence-corrected chi connectivity index (χ2v) is 5.09. The van der Waals surface area contributed by atoms with E-state index in [2.05, 4.69) is 30.3 Å². The van der Waals surface area contributed by atoms with Crippen molar-refractivity contribution < 1.29 is 4.52 Å². The van der Waals surface area contributed by atoms with Gasteiger partial charge in [0.05, 0.1) is 23.8 Å². The van der Waals surface area contributed by atoms with Crippen LogP contribution in [0, 0.1) is 0 Å². The zero-order valence-corrected chi connectivity index (χ0v) is 10.6. The van der Waals surface area contributed by atoms with E-state index in [4.69, 9.17) is 4.52 Å². The molecule has 0 spiro atoms. The van der Waals surface area contributed by atoms with Gasteiger partial charge in [0.1, 0.15) is 0 Å². The predicted molar refractivity (Wildman–Crippen MR) is 67.6 cm³/mol. The summed E-state index contributed by atoms with van der Waals surface area (Å²) in [5.74, 6) is 1.39. The Kier molecular flexibility index (Phi) is 2.51. The highest BCUT2D eigenvalue weighted by atomic mass is 16.5. The molecule has 2 aromatic rings. The van der Waals surface area contributed by atoms with E-state index >= 15 is 0 Å². The summed E-state index contributed by atoms with van der Waals surface area (Å²) >= 11 is 0. The molecule has 4 heterocycles. The molecule has 7 nitrogen and oxygen atoms in total. The van der Waals surface area contributed by atoms with Gasteiger partial charge in [-0.05, 0) is 18.0 Å². The summed E-state index contributed by atoms with van der Waals surface area (Å²) in [5.41, 5.74) is 2.24. The summed E-state index contributed by atoms with van der Waals surface area (Å²) in [6, 6.07) is 0.0691. The monoisotopic (exact) mass is 260 g/mol. The van der Waals surface area contributed by atoms with Gasteiger partial charge in [0.25, 0.3) is 5.95 Å². The summed E-state index contributed by atoms with van der Waals surface area (Å²) in [6.45, 7) is 2.82. The SMILES string of the molecule is c1nc2c([nH]1)CNC(c1nc(N3CCCC3)no1)C2. The lowest BCUT2D eigenvalue weighted by atomic mass is 10.1. The van der Waals surface area contributed by atoms with Gasteiger partial charge in [0.15, 0.2) is 0 Å². The van der Waals surface area contributed by atoms with Crippen LogP contribution in [-0.4, -0.2) is 33.2 Å². The highest BCUT2D eigenvalue weighted by molar-refractivity contribution is 5.29. The fourth-order valence-electron chi connectivity index (χ4n) is 2.76. The highest BCUT2D eigenvalue weighted by Gasteiger charge is 2.27. The zero-order valence-electron chi connectivity index (χ0n) is 10.6. The molecular weight excluding hydrogens is 244 g/mol. The molecule has 7 heteroatoms. The minimum Gasteiger partial charge on any atom is -0.347 e. The van der Waals surface area contributed by atoms with Crippen molar-refractivity contribution in [2.45, 2.75) is 31.8 Å². The van der Waals surface area contributed by atoms with Gasteiger partial charge in [-0.3, -0.25) is 5.32 Å². The Bertz CT molecular complexity index is 570. The van der Waals surface area contributed by atoms with Crippen molar-refractivity contribution in [2.24, 2.45) is 0 Å². The fourth-order valence-corrected chi connectivity index (χ4v) is 2.76. The second kappa shape index (κ2) is 4.34. The second-order valence-electron chi connectivity index (χ2n) is 5.09. The summed E-state index contributed by atoms with van der Waals surface area (Å²) in [6.07, 6.45) is 4.95. The van der Waals surface area contributed by atoms with Gasteiger partial charge < -0.3 is 14.4 Å². The van der Waals surface area contributed by atoms with Crippen molar-refractivity contribution in [3.8, 4) is 0 Å². The molecule has 19 heavy (non-hydrogen) atoms. The topological polar surface area (TPSA) is 82.9 Å². The maximum Gasteiger partial charge on any atom is 0.266 e. The van der Waals surface area contributed by atoms with E-state index in [1.165, 1.54) is 12.8 Å². The number of anilines is 1. The number of nitrogens with zero attached hydrogens (tertiary/aromatic N) is 4. The summed E-state index contributed by atoms with van der Waals surface area (Å²) < 4.78 is 5.40. The predicted octanol–water partition coefficient (Wildman–Crippen LogP) is 0.780. The van der Waals surface area contributed by atoms with E-state index in [9.17, 15) is 0 Å². The van der Waals surface area contributed by atoms with Crippen LogP contribution in [0.25, 0.3) is 0 Å². The minimum atomic E-state index is 0.0691. The minimum absolute atomic E-state index is 0.0691. The molecule has 1 atom stereocenters. The molecule has 2 aliphatic rings. The molecule has 1 unspecified atom stereocenters. The molecule has 0 bridgehead atoms. The number of fused-ring (bicyclic) bond motifs is 1. The Hall–Kier alpha value is -1.89. The van der Waals surface area contributed by atoms with E-state index in [-0.39, 0.29) is 6.04 Å². The van der Waals surface area contributed by atoms with Crippen LogP contribution in [0.5, 0.6) is 0 Å². The first-order valence-corrected chi connectivity index (χ1v) is 6.73. The van der Waals surface area contributed by atoms with Crippen molar-refractivity contribution >= 4 is 5.95 Å². The Morgan fingerprint density at radius 1 is 1.32 bits per heavy atom. The molecule has 2 aliphatic heterocycles. The number of aromatic nitrogens is 4. The van der Waals surface area contributed by atoms with Crippen LogP contribution in [0.3, 0.4) is 0 Å². The molecule has 4 rings (SSSR count). The summed E-state index contributed by atoms with van der Waals surface area (Å²) in [4.78, 5) is 14.1. The molecule has 0 amide bonds. The van der Waals surface area contributed by atoms with Gasteiger partial charge in [0.2, 0.25) is 5.89 Å². The Morgan fingerprint density at radius 3 is 3.11 bits per heavy atom. The van der Waals surface area contributed by atoms with Crippen LogP contribution in [0.1, 0.15) is 36.2 Å². The van der Waals surface area contributed by atoms with Crippen molar-refractivity contribution in [3.63, 3.8) is 0 Å². The van der Waals surface area contributed by atoms with E-state index in [1.807, 2.05) is 0 Å². The molecule has 0 aliphatic carbocycles. The first-order valence-electron chi connectivity index (χ1n) is 6.73. The van der Waals surface area contributed by atoms with Crippen LogP contribution >= 0.6 is 0 Å². The van der Waals surface area contributed by atoms with Crippen molar-refractivity contribution in [2.75, 3.05) is 18.0 Å². The van der Waals surface area contributed by atoms with Crippen LogP contribution in [-0.2, 0) is 13.0 Å². The quantitative estimate of drug-likeness (QED) is 0.830. The van der Waals surface area contributed by atoms with Crippen molar-refractivity contribution in [1.29, 1.82) is 0 Å². The standard InChI is InChI=1S/C12H16N6O/c1-2-4-18(3-1)12-16-11(19-17-12)9-5-8-10(6-13-9)15-7-14-8/h7,9,13H,1-6H2,(H,14,15). The van der Waals surface area contributed by atoms with Gasteiger partial charge in [-0.2, -0.15) is 4.98 Å². The molecule has 1 saturated heterocycles. The molecule has 1 fully saturated rings. The van der Waals surface area contributed by atoms with Gasteiger partial charge >= 0.3 is 0 Å². The molecule has 0 aromatic carbocycles. The van der Waals surface area contributed by atoms with E-state index in [1.54, 1.807) is 6.33 Å². The first kappa shape index (κ1) is 11.0. The largest absolute Gasteiger partial charge is 0.347 e. The van der Waals surface area contributed by atoms with Crippen LogP contribution in [0.2, 0.25) is 0 Å². The lowest BCUT2D eigenvalue weighted by Crippen LogP contribution is -2.29. The lowest BCUT2D eigenvalue weighted by Gasteiger charge is -2.19. The van der Waals surface area contributed by atoms with Crippen molar-refractivity contribution in [1.82, 2.24) is 25.4 Å². The number of hydrogen-bond acceptors (Lipinski definition) is 6.